The van der Waals surface area contributed by atoms with E-state index in [1.54, 1.807) is 23.1 Å². The maximum Gasteiger partial charge on any atom is 0.338 e. The molecular weight excluding hydrogens is 356 g/mol. The van der Waals surface area contributed by atoms with Crippen LogP contribution in [0.25, 0.3) is 0 Å². The number of benzene rings is 1. The van der Waals surface area contributed by atoms with Crippen LogP contribution in [0.4, 0.5) is 5.69 Å². The molecule has 7 nitrogen and oxygen atoms in total. The summed E-state index contributed by atoms with van der Waals surface area (Å²) in [6, 6.07) is 4.82. The number of likely N-dealkylation sites (tertiary alicyclic amines) is 1. The number of hydrogen-bond donors (Lipinski definition) is 0. The fourth-order valence-electron chi connectivity index (χ4n) is 3.46. The van der Waals surface area contributed by atoms with Gasteiger partial charge >= 0.3 is 5.97 Å². The lowest BCUT2D eigenvalue weighted by Crippen LogP contribution is -2.35. The van der Waals surface area contributed by atoms with E-state index in [-0.39, 0.29) is 12.5 Å². The quantitative estimate of drug-likeness (QED) is 0.741. The van der Waals surface area contributed by atoms with Crippen LogP contribution >= 0.6 is 0 Å². The molecule has 1 saturated heterocycles. The van der Waals surface area contributed by atoms with Crippen LogP contribution in [0.5, 0.6) is 0 Å². The Morgan fingerprint density at radius 1 is 1.08 bits per heavy atom. The standard InChI is InChI=1S/C18H24N2O5S/c1-26(23,24)20-11-8-14-12-15(6-7-16(14)20)18(22)25-13-17(21)19-9-4-2-3-5-10-19/h6-7,12H,2-5,8-11,13H2,1H3. The van der Waals surface area contributed by atoms with E-state index < -0.39 is 16.0 Å². The van der Waals surface area contributed by atoms with Crippen molar-refractivity contribution in [1.29, 1.82) is 0 Å². The molecule has 0 radical (unpaired) electrons. The number of anilines is 1. The van der Waals surface area contributed by atoms with Gasteiger partial charge in [0.15, 0.2) is 6.61 Å². The molecule has 0 atom stereocenters. The van der Waals surface area contributed by atoms with E-state index in [0.717, 1.165) is 44.3 Å². The van der Waals surface area contributed by atoms with Gasteiger partial charge in [-0.2, -0.15) is 0 Å². The van der Waals surface area contributed by atoms with Crippen LogP contribution in [0, 0.1) is 0 Å². The Morgan fingerprint density at radius 3 is 2.42 bits per heavy atom. The van der Waals surface area contributed by atoms with Crippen molar-refractivity contribution in [1.82, 2.24) is 4.90 Å². The van der Waals surface area contributed by atoms with Crippen LogP contribution in [0.2, 0.25) is 0 Å². The van der Waals surface area contributed by atoms with Gasteiger partial charge < -0.3 is 9.64 Å². The van der Waals surface area contributed by atoms with E-state index in [4.69, 9.17) is 4.74 Å². The van der Waals surface area contributed by atoms with Gasteiger partial charge in [0.1, 0.15) is 0 Å². The molecule has 2 aliphatic heterocycles. The third-order valence-corrected chi connectivity index (χ3v) is 6.03. The van der Waals surface area contributed by atoms with Crippen molar-refractivity contribution >= 4 is 27.6 Å². The van der Waals surface area contributed by atoms with Crippen LogP contribution in [-0.2, 0) is 26.0 Å². The molecule has 3 rings (SSSR count). The zero-order valence-electron chi connectivity index (χ0n) is 14.9. The molecule has 2 aliphatic rings. The highest BCUT2D eigenvalue weighted by molar-refractivity contribution is 7.92. The summed E-state index contributed by atoms with van der Waals surface area (Å²) in [6.07, 6.45) is 5.95. The van der Waals surface area contributed by atoms with Crippen molar-refractivity contribution in [2.24, 2.45) is 0 Å². The zero-order valence-corrected chi connectivity index (χ0v) is 15.8. The first-order valence-corrected chi connectivity index (χ1v) is 10.8. The van der Waals surface area contributed by atoms with Gasteiger partial charge in [-0.05, 0) is 43.0 Å². The molecule has 8 heteroatoms. The summed E-state index contributed by atoms with van der Waals surface area (Å²) in [5.74, 6) is -0.724. The van der Waals surface area contributed by atoms with Crippen molar-refractivity contribution < 1.29 is 22.7 Å². The molecule has 142 valence electrons. The average molecular weight is 380 g/mol. The zero-order chi connectivity index (χ0) is 18.7. The number of rotatable bonds is 4. The number of carbonyl (C=O) groups excluding carboxylic acids is 2. The molecule has 0 saturated carbocycles. The number of fused-ring (bicyclic) bond motifs is 1. The summed E-state index contributed by atoms with van der Waals surface area (Å²) in [4.78, 5) is 26.2. The Bertz CT molecular complexity index is 798. The first kappa shape index (κ1) is 18.7. The highest BCUT2D eigenvalue weighted by Crippen LogP contribution is 2.30. The van der Waals surface area contributed by atoms with Gasteiger partial charge in [0.25, 0.3) is 5.91 Å². The molecule has 2 heterocycles. The number of amides is 1. The number of hydrogen-bond acceptors (Lipinski definition) is 5. The molecule has 1 amide bonds. The monoisotopic (exact) mass is 380 g/mol. The SMILES string of the molecule is CS(=O)(=O)N1CCc2cc(C(=O)OCC(=O)N3CCCCCC3)ccc21. The fraction of sp³-hybridized carbons (Fsp3) is 0.556. The highest BCUT2D eigenvalue weighted by Gasteiger charge is 2.27. The predicted molar refractivity (Wildman–Crippen MR) is 97.7 cm³/mol. The van der Waals surface area contributed by atoms with Crippen LogP contribution < -0.4 is 4.31 Å². The molecule has 0 aliphatic carbocycles. The van der Waals surface area contributed by atoms with Crippen LogP contribution in [0.1, 0.15) is 41.6 Å². The second-order valence-corrected chi connectivity index (χ2v) is 8.71. The molecule has 0 bridgehead atoms. The summed E-state index contributed by atoms with van der Waals surface area (Å²) in [6.45, 7) is 1.55. The van der Waals surface area contributed by atoms with Gasteiger partial charge in [0.2, 0.25) is 10.0 Å². The topological polar surface area (TPSA) is 84.0 Å². The Kier molecular flexibility index (Phi) is 5.50. The third kappa shape index (κ3) is 4.17. The minimum atomic E-state index is -3.32. The van der Waals surface area contributed by atoms with Crippen molar-refractivity contribution in [3.05, 3.63) is 29.3 Å². The normalized spacial score (nSPS) is 17.6. The maximum absolute atomic E-state index is 12.3. The highest BCUT2D eigenvalue weighted by atomic mass is 32.2. The van der Waals surface area contributed by atoms with Crippen molar-refractivity contribution in [2.75, 3.05) is 36.8 Å². The van der Waals surface area contributed by atoms with Gasteiger partial charge in [-0.1, -0.05) is 12.8 Å². The Labute approximate surface area is 154 Å². The van der Waals surface area contributed by atoms with Crippen molar-refractivity contribution in [3.63, 3.8) is 0 Å². The molecule has 1 aromatic rings. The van der Waals surface area contributed by atoms with E-state index >= 15 is 0 Å². The van der Waals surface area contributed by atoms with Crippen molar-refractivity contribution in [2.45, 2.75) is 32.1 Å². The smallest absolute Gasteiger partial charge is 0.338 e. The second-order valence-electron chi connectivity index (χ2n) is 6.80. The number of esters is 1. The predicted octanol–water partition coefficient (Wildman–Crippen LogP) is 1.57. The van der Waals surface area contributed by atoms with Gasteiger partial charge in [0, 0.05) is 19.6 Å². The molecule has 0 aromatic heterocycles. The molecule has 1 aromatic carbocycles. The Balaban J connectivity index is 1.61. The van der Waals surface area contributed by atoms with Crippen molar-refractivity contribution in [3.8, 4) is 0 Å². The van der Waals surface area contributed by atoms with E-state index in [0.29, 0.717) is 24.2 Å². The van der Waals surface area contributed by atoms with Gasteiger partial charge in [-0.3, -0.25) is 9.10 Å². The number of ether oxygens (including phenoxy) is 1. The maximum atomic E-state index is 12.3. The Hall–Kier alpha value is -2.09. The summed E-state index contributed by atoms with van der Waals surface area (Å²) in [7, 11) is -3.32. The van der Waals surface area contributed by atoms with Gasteiger partial charge in [-0.15, -0.1) is 0 Å². The molecule has 0 spiro atoms. The lowest BCUT2D eigenvalue weighted by atomic mass is 10.1. The molecule has 26 heavy (non-hydrogen) atoms. The van der Waals surface area contributed by atoms with Gasteiger partial charge in [0.05, 0.1) is 17.5 Å². The average Bonchev–Trinajstić information content (AvgIpc) is 2.85. The summed E-state index contributed by atoms with van der Waals surface area (Å²) in [5, 5.41) is 0. The second kappa shape index (κ2) is 7.65. The number of nitrogens with zero attached hydrogens (tertiary/aromatic N) is 2. The molecule has 0 N–H and O–H groups in total. The minimum absolute atomic E-state index is 0.162. The van der Waals surface area contributed by atoms with Crippen LogP contribution in [0.15, 0.2) is 18.2 Å². The van der Waals surface area contributed by atoms with Crippen LogP contribution in [0.3, 0.4) is 0 Å². The summed E-state index contributed by atoms with van der Waals surface area (Å²) >= 11 is 0. The largest absolute Gasteiger partial charge is 0.452 e. The third-order valence-electron chi connectivity index (χ3n) is 4.85. The molecule has 1 fully saturated rings. The number of sulfonamides is 1. The van der Waals surface area contributed by atoms with E-state index in [2.05, 4.69) is 0 Å². The van der Waals surface area contributed by atoms with Gasteiger partial charge in [-0.25, -0.2) is 13.2 Å². The van der Waals surface area contributed by atoms with E-state index in [1.165, 1.54) is 10.6 Å². The fourth-order valence-corrected chi connectivity index (χ4v) is 4.42. The lowest BCUT2D eigenvalue weighted by Gasteiger charge is -2.20. The first-order chi connectivity index (χ1) is 12.4. The van der Waals surface area contributed by atoms with Crippen LogP contribution in [-0.4, -0.2) is 57.7 Å². The lowest BCUT2D eigenvalue weighted by molar-refractivity contribution is -0.134. The minimum Gasteiger partial charge on any atom is -0.452 e. The summed E-state index contributed by atoms with van der Waals surface area (Å²) in [5.41, 5.74) is 1.73. The summed E-state index contributed by atoms with van der Waals surface area (Å²) < 4.78 is 30.0. The van der Waals surface area contributed by atoms with E-state index in [9.17, 15) is 18.0 Å². The van der Waals surface area contributed by atoms with E-state index in [1.807, 2.05) is 0 Å². The molecular formula is C18H24N2O5S. The Morgan fingerprint density at radius 2 is 1.77 bits per heavy atom. The first-order valence-electron chi connectivity index (χ1n) is 8.92. The number of carbonyl (C=O) groups is 2. The molecule has 0 unspecified atom stereocenters.